The van der Waals surface area contributed by atoms with Gasteiger partial charge in [0, 0.05) is 17.9 Å². The van der Waals surface area contributed by atoms with E-state index >= 15 is 0 Å². The lowest BCUT2D eigenvalue weighted by molar-refractivity contribution is 0.0943. The Balaban J connectivity index is 2.68. The number of carbonyl (C=O) groups is 1. The maximum absolute atomic E-state index is 11.8. The van der Waals surface area contributed by atoms with Crippen LogP contribution in [-0.4, -0.2) is 32.4 Å². The molecule has 0 spiro atoms. The molecule has 96 valence electrons. The van der Waals surface area contributed by atoms with Crippen molar-refractivity contribution in [2.24, 2.45) is 0 Å². The fraction of sp³-hybridized carbons (Fsp3) is 0.333. The van der Waals surface area contributed by atoms with E-state index < -0.39 is 15.9 Å². The number of nitriles is 1. The number of benzene rings is 1. The van der Waals surface area contributed by atoms with Gasteiger partial charge in [-0.3, -0.25) is 4.79 Å². The minimum atomic E-state index is -3.12. The number of rotatable bonds is 4. The van der Waals surface area contributed by atoms with Gasteiger partial charge in [0.25, 0.3) is 5.91 Å². The standard InChI is InChI=1S/C12H14N2O3S/c1-9(8-18(2,16)17)14-12(15)11-5-3-10(7-13)4-6-11/h3-6,9H,8H2,1-2H3,(H,14,15)/t9-/m0/s1. The molecule has 0 bridgehead atoms. The van der Waals surface area contributed by atoms with Gasteiger partial charge in [-0.1, -0.05) is 0 Å². The van der Waals surface area contributed by atoms with Gasteiger partial charge in [-0.25, -0.2) is 8.42 Å². The highest BCUT2D eigenvalue weighted by Gasteiger charge is 2.14. The molecule has 1 aromatic rings. The van der Waals surface area contributed by atoms with Gasteiger partial charge < -0.3 is 5.32 Å². The van der Waals surface area contributed by atoms with Crippen LogP contribution in [0.5, 0.6) is 0 Å². The lowest BCUT2D eigenvalue weighted by atomic mass is 10.1. The molecule has 6 heteroatoms. The van der Waals surface area contributed by atoms with Gasteiger partial charge >= 0.3 is 0 Å². The van der Waals surface area contributed by atoms with Gasteiger partial charge in [-0.05, 0) is 31.2 Å². The first-order valence-corrected chi connectivity index (χ1v) is 7.36. The molecule has 1 rings (SSSR count). The number of nitrogens with zero attached hydrogens (tertiary/aromatic N) is 1. The molecule has 0 aromatic heterocycles. The summed E-state index contributed by atoms with van der Waals surface area (Å²) in [4.78, 5) is 11.8. The fourth-order valence-corrected chi connectivity index (χ4v) is 2.49. The van der Waals surface area contributed by atoms with Crippen LogP contribution in [0.3, 0.4) is 0 Å². The Morgan fingerprint density at radius 1 is 1.39 bits per heavy atom. The third-order valence-corrected chi connectivity index (χ3v) is 3.31. The van der Waals surface area contributed by atoms with Crippen molar-refractivity contribution in [2.45, 2.75) is 13.0 Å². The highest BCUT2D eigenvalue weighted by molar-refractivity contribution is 7.90. The van der Waals surface area contributed by atoms with Crippen LogP contribution in [-0.2, 0) is 9.84 Å². The largest absolute Gasteiger partial charge is 0.349 e. The van der Waals surface area contributed by atoms with Crippen molar-refractivity contribution >= 4 is 15.7 Å². The van der Waals surface area contributed by atoms with Crippen molar-refractivity contribution in [3.8, 4) is 6.07 Å². The Hall–Kier alpha value is -1.87. The molecule has 18 heavy (non-hydrogen) atoms. The first-order valence-electron chi connectivity index (χ1n) is 5.30. The van der Waals surface area contributed by atoms with Crippen LogP contribution in [0.1, 0.15) is 22.8 Å². The molecule has 1 atom stereocenters. The molecule has 0 saturated heterocycles. The Kier molecular flexibility index (Phi) is 4.45. The summed E-state index contributed by atoms with van der Waals surface area (Å²) >= 11 is 0. The van der Waals surface area contributed by atoms with Crippen molar-refractivity contribution in [3.63, 3.8) is 0 Å². The van der Waals surface area contributed by atoms with E-state index in [4.69, 9.17) is 5.26 Å². The summed E-state index contributed by atoms with van der Waals surface area (Å²) in [6, 6.07) is 7.63. The minimum absolute atomic E-state index is 0.102. The summed E-state index contributed by atoms with van der Waals surface area (Å²) < 4.78 is 22.1. The normalized spacial score (nSPS) is 12.5. The molecular formula is C12H14N2O3S. The lowest BCUT2D eigenvalue weighted by Crippen LogP contribution is -2.37. The molecule has 0 saturated carbocycles. The minimum Gasteiger partial charge on any atom is -0.349 e. The third-order valence-electron chi connectivity index (χ3n) is 2.21. The van der Waals surface area contributed by atoms with Gasteiger partial charge in [0.1, 0.15) is 9.84 Å². The second kappa shape index (κ2) is 5.65. The molecule has 0 radical (unpaired) electrons. The molecule has 0 aliphatic carbocycles. The zero-order valence-electron chi connectivity index (χ0n) is 10.2. The van der Waals surface area contributed by atoms with Crippen LogP contribution < -0.4 is 5.32 Å². The van der Waals surface area contributed by atoms with Crippen LogP contribution >= 0.6 is 0 Å². The molecule has 1 amide bonds. The van der Waals surface area contributed by atoms with Crippen molar-refractivity contribution in [1.82, 2.24) is 5.32 Å². The summed E-state index contributed by atoms with van der Waals surface area (Å²) in [5.74, 6) is -0.453. The monoisotopic (exact) mass is 266 g/mol. The first kappa shape index (κ1) is 14.2. The zero-order chi connectivity index (χ0) is 13.8. The predicted molar refractivity (Wildman–Crippen MR) is 67.8 cm³/mol. The van der Waals surface area contributed by atoms with Crippen molar-refractivity contribution < 1.29 is 13.2 Å². The van der Waals surface area contributed by atoms with E-state index in [9.17, 15) is 13.2 Å². The molecule has 0 fully saturated rings. The van der Waals surface area contributed by atoms with Crippen LogP contribution in [0.4, 0.5) is 0 Å². The van der Waals surface area contributed by atoms with E-state index in [1.54, 1.807) is 6.92 Å². The Morgan fingerprint density at radius 3 is 2.39 bits per heavy atom. The van der Waals surface area contributed by atoms with Crippen LogP contribution in [0, 0.1) is 11.3 Å². The van der Waals surface area contributed by atoms with Gasteiger partial charge in [-0.2, -0.15) is 5.26 Å². The second-order valence-electron chi connectivity index (χ2n) is 4.16. The first-order chi connectivity index (χ1) is 8.31. The van der Waals surface area contributed by atoms with E-state index in [-0.39, 0.29) is 11.7 Å². The van der Waals surface area contributed by atoms with E-state index in [1.165, 1.54) is 24.3 Å². The number of nitrogens with one attached hydrogen (secondary N) is 1. The van der Waals surface area contributed by atoms with Gasteiger partial charge in [0.15, 0.2) is 0 Å². The van der Waals surface area contributed by atoms with Gasteiger partial charge in [0.05, 0.1) is 17.4 Å². The molecule has 5 nitrogen and oxygen atoms in total. The molecule has 1 aromatic carbocycles. The van der Waals surface area contributed by atoms with E-state index in [2.05, 4.69) is 5.32 Å². The smallest absolute Gasteiger partial charge is 0.251 e. The lowest BCUT2D eigenvalue weighted by Gasteiger charge is -2.12. The summed E-state index contributed by atoms with van der Waals surface area (Å²) in [6.07, 6.45) is 1.12. The third kappa shape index (κ3) is 4.55. The Morgan fingerprint density at radius 2 is 1.94 bits per heavy atom. The quantitative estimate of drug-likeness (QED) is 0.870. The number of hydrogen-bond acceptors (Lipinski definition) is 4. The SMILES string of the molecule is C[C@@H](CS(C)(=O)=O)NC(=O)c1ccc(C#N)cc1. The average molecular weight is 266 g/mol. The maximum Gasteiger partial charge on any atom is 0.251 e. The average Bonchev–Trinajstić information content (AvgIpc) is 2.26. The van der Waals surface area contributed by atoms with Crippen LogP contribution in [0.25, 0.3) is 0 Å². The fourth-order valence-electron chi connectivity index (χ4n) is 1.50. The van der Waals surface area contributed by atoms with E-state index in [0.717, 1.165) is 6.26 Å². The summed E-state index contributed by atoms with van der Waals surface area (Å²) in [5.41, 5.74) is 0.866. The zero-order valence-corrected chi connectivity index (χ0v) is 11.0. The van der Waals surface area contributed by atoms with E-state index in [0.29, 0.717) is 11.1 Å². The van der Waals surface area contributed by atoms with Gasteiger partial charge in [-0.15, -0.1) is 0 Å². The van der Waals surface area contributed by atoms with E-state index in [1.807, 2.05) is 6.07 Å². The van der Waals surface area contributed by atoms with Crippen molar-refractivity contribution in [1.29, 1.82) is 5.26 Å². The number of carbonyl (C=O) groups excluding carboxylic acids is 1. The molecule has 0 unspecified atom stereocenters. The second-order valence-corrected chi connectivity index (χ2v) is 6.34. The molecule has 0 aliphatic heterocycles. The summed E-state index contributed by atoms with van der Waals surface area (Å²) in [6.45, 7) is 1.63. The molecular weight excluding hydrogens is 252 g/mol. The van der Waals surface area contributed by atoms with Crippen molar-refractivity contribution in [2.75, 3.05) is 12.0 Å². The molecule has 0 heterocycles. The maximum atomic E-state index is 11.8. The number of hydrogen-bond donors (Lipinski definition) is 1. The number of sulfone groups is 1. The Bertz CT molecular complexity index is 570. The molecule has 0 aliphatic rings. The van der Waals surface area contributed by atoms with Crippen LogP contribution in [0.2, 0.25) is 0 Å². The van der Waals surface area contributed by atoms with Gasteiger partial charge in [0.2, 0.25) is 0 Å². The Labute approximate surface area is 106 Å². The van der Waals surface area contributed by atoms with Crippen molar-refractivity contribution in [3.05, 3.63) is 35.4 Å². The molecule has 1 N–H and O–H groups in total. The highest BCUT2D eigenvalue weighted by Crippen LogP contribution is 2.04. The van der Waals surface area contributed by atoms with Crippen LogP contribution in [0.15, 0.2) is 24.3 Å². The number of amides is 1. The predicted octanol–water partition coefficient (Wildman–Crippen LogP) is 0.721. The summed E-state index contributed by atoms with van der Waals surface area (Å²) in [7, 11) is -3.12. The summed E-state index contributed by atoms with van der Waals surface area (Å²) in [5, 5.41) is 11.2. The topological polar surface area (TPSA) is 87.0 Å². The highest BCUT2D eigenvalue weighted by atomic mass is 32.2.